The lowest BCUT2D eigenvalue weighted by molar-refractivity contribution is 0.138. The lowest BCUT2D eigenvalue weighted by Crippen LogP contribution is -2.55. The van der Waals surface area contributed by atoms with Gasteiger partial charge in [-0.2, -0.15) is 0 Å². The Hall–Kier alpha value is -1.06. The van der Waals surface area contributed by atoms with Crippen LogP contribution in [-0.2, 0) is 6.42 Å². The van der Waals surface area contributed by atoms with Crippen molar-refractivity contribution >= 4 is 0 Å². The van der Waals surface area contributed by atoms with Gasteiger partial charge in [0.05, 0.1) is 7.11 Å². The molecule has 1 aliphatic heterocycles. The highest BCUT2D eigenvalue weighted by atomic mass is 16.5. The molecule has 1 aromatic rings. The Balaban J connectivity index is 1.55. The molecule has 0 spiro atoms. The zero-order chi connectivity index (χ0) is 13.1. The fourth-order valence-electron chi connectivity index (χ4n) is 3.52. The maximum atomic E-state index is 5.20. The largest absolute Gasteiger partial charge is 0.497 e. The first kappa shape index (κ1) is 12.9. The van der Waals surface area contributed by atoms with Crippen molar-refractivity contribution in [3.63, 3.8) is 0 Å². The first-order valence-electron chi connectivity index (χ1n) is 7.47. The van der Waals surface area contributed by atoms with E-state index < -0.39 is 0 Å². The first-order chi connectivity index (χ1) is 9.36. The molecule has 1 aliphatic carbocycles. The van der Waals surface area contributed by atoms with Crippen LogP contribution in [-0.4, -0.2) is 43.7 Å². The minimum absolute atomic E-state index is 0.754. The fourth-order valence-corrected chi connectivity index (χ4v) is 3.52. The highest BCUT2D eigenvalue weighted by Crippen LogP contribution is 2.26. The molecule has 19 heavy (non-hydrogen) atoms. The molecule has 3 heteroatoms. The predicted molar refractivity (Wildman–Crippen MR) is 77.7 cm³/mol. The Labute approximate surface area is 115 Å². The van der Waals surface area contributed by atoms with Gasteiger partial charge in [0.15, 0.2) is 0 Å². The van der Waals surface area contributed by atoms with E-state index in [1.165, 1.54) is 37.9 Å². The van der Waals surface area contributed by atoms with Crippen LogP contribution in [0.25, 0.3) is 0 Å². The maximum Gasteiger partial charge on any atom is 0.118 e. The van der Waals surface area contributed by atoms with Crippen LogP contribution in [0, 0.1) is 0 Å². The predicted octanol–water partition coefficient (Wildman–Crippen LogP) is 2.06. The third-order valence-corrected chi connectivity index (χ3v) is 4.60. The molecule has 2 atom stereocenters. The van der Waals surface area contributed by atoms with Crippen molar-refractivity contribution in [3.05, 3.63) is 29.8 Å². The number of ether oxygens (including phenoxy) is 1. The lowest BCUT2D eigenvalue weighted by Gasteiger charge is -2.38. The van der Waals surface area contributed by atoms with Crippen LogP contribution in [0.3, 0.4) is 0 Å². The summed E-state index contributed by atoms with van der Waals surface area (Å²) >= 11 is 0. The van der Waals surface area contributed by atoms with Gasteiger partial charge < -0.3 is 10.1 Å². The molecular weight excluding hydrogens is 236 g/mol. The third kappa shape index (κ3) is 2.93. The van der Waals surface area contributed by atoms with E-state index in [1.54, 1.807) is 7.11 Å². The average molecular weight is 260 g/mol. The summed E-state index contributed by atoms with van der Waals surface area (Å²) in [6.07, 6.45) is 5.28. The molecule has 1 heterocycles. The summed E-state index contributed by atoms with van der Waals surface area (Å²) in [5, 5.41) is 3.67. The van der Waals surface area contributed by atoms with Gasteiger partial charge in [-0.3, -0.25) is 4.90 Å². The zero-order valence-electron chi connectivity index (χ0n) is 11.8. The zero-order valence-corrected chi connectivity index (χ0v) is 11.8. The number of methoxy groups -OCH3 is 1. The Morgan fingerprint density at radius 1 is 1.26 bits per heavy atom. The molecule has 0 bridgehead atoms. The van der Waals surface area contributed by atoms with Gasteiger partial charge in [0.2, 0.25) is 0 Å². The summed E-state index contributed by atoms with van der Waals surface area (Å²) in [6, 6.07) is 10.0. The number of hydrogen-bond donors (Lipinski definition) is 1. The SMILES string of the molecule is COc1ccc(CCN2CCN[C@H]3CCC[C@H]32)cc1. The number of fused-ring (bicyclic) bond motifs is 1. The minimum Gasteiger partial charge on any atom is -0.497 e. The van der Waals surface area contributed by atoms with Crippen LogP contribution in [0.5, 0.6) is 5.75 Å². The molecule has 0 radical (unpaired) electrons. The van der Waals surface area contributed by atoms with Gasteiger partial charge in [0, 0.05) is 31.7 Å². The highest BCUT2D eigenvalue weighted by Gasteiger charge is 2.34. The molecular formula is C16H24N2O. The Bertz CT molecular complexity index is 404. The maximum absolute atomic E-state index is 5.20. The van der Waals surface area contributed by atoms with Crippen LogP contribution in [0.2, 0.25) is 0 Å². The van der Waals surface area contributed by atoms with Gasteiger partial charge in [-0.05, 0) is 37.0 Å². The van der Waals surface area contributed by atoms with E-state index in [0.717, 1.165) is 30.8 Å². The number of benzene rings is 1. The molecule has 0 unspecified atom stereocenters. The molecule has 2 aliphatic rings. The van der Waals surface area contributed by atoms with Gasteiger partial charge >= 0.3 is 0 Å². The Morgan fingerprint density at radius 2 is 2.11 bits per heavy atom. The number of hydrogen-bond acceptors (Lipinski definition) is 3. The molecule has 104 valence electrons. The summed E-state index contributed by atoms with van der Waals surface area (Å²) in [5.74, 6) is 0.946. The van der Waals surface area contributed by atoms with E-state index in [9.17, 15) is 0 Å². The standard InChI is InChI=1S/C16H24N2O/c1-19-14-7-5-13(6-8-14)9-11-18-12-10-17-15-3-2-4-16(15)18/h5-8,15-17H,2-4,9-12H2,1H3/t15-,16+/m0/s1. The molecule has 1 saturated heterocycles. The number of rotatable bonds is 4. The van der Waals surface area contributed by atoms with Gasteiger partial charge in [0.25, 0.3) is 0 Å². The van der Waals surface area contributed by atoms with Crippen molar-refractivity contribution in [1.82, 2.24) is 10.2 Å². The second-order valence-corrected chi connectivity index (χ2v) is 5.69. The summed E-state index contributed by atoms with van der Waals surface area (Å²) in [5.41, 5.74) is 1.41. The Morgan fingerprint density at radius 3 is 2.89 bits per heavy atom. The lowest BCUT2D eigenvalue weighted by atomic mass is 10.1. The van der Waals surface area contributed by atoms with Crippen molar-refractivity contribution in [2.24, 2.45) is 0 Å². The number of piperazine rings is 1. The molecule has 1 N–H and O–H groups in total. The summed E-state index contributed by atoms with van der Waals surface area (Å²) in [6.45, 7) is 3.55. The van der Waals surface area contributed by atoms with Crippen molar-refractivity contribution in [3.8, 4) is 5.75 Å². The van der Waals surface area contributed by atoms with E-state index in [2.05, 4.69) is 34.5 Å². The summed E-state index contributed by atoms with van der Waals surface area (Å²) < 4.78 is 5.20. The van der Waals surface area contributed by atoms with Crippen molar-refractivity contribution in [2.45, 2.75) is 37.8 Å². The smallest absolute Gasteiger partial charge is 0.118 e. The monoisotopic (exact) mass is 260 g/mol. The third-order valence-electron chi connectivity index (χ3n) is 4.60. The molecule has 3 rings (SSSR count). The fraction of sp³-hybridized carbons (Fsp3) is 0.625. The van der Waals surface area contributed by atoms with Crippen LogP contribution in [0.1, 0.15) is 24.8 Å². The Kier molecular flexibility index (Phi) is 4.04. The van der Waals surface area contributed by atoms with E-state index in [4.69, 9.17) is 4.74 Å². The van der Waals surface area contributed by atoms with Gasteiger partial charge in [-0.1, -0.05) is 18.6 Å². The van der Waals surface area contributed by atoms with Crippen LogP contribution in [0.15, 0.2) is 24.3 Å². The number of nitrogens with one attached hydrogen (secondary N) is 1. The summed E-state index contributed by atoms with van der Waals surface area (Å²) in [7, 11) is 1.72. The first-order valence-corrected chi connectivity index (χ1v) is 7.47. The molecule has 1 aromatic carbocycles. The van der Waals surface area contributed by atoms with Gasteiger partial charge in [-0.25, -0.2) is 0 Å². The highest BCUT2D eigenvalue weighted by molar-refractivity contribution is 5.27. The molecule has 3 nitrogen and oxygen atoms in total. The quantitative estimate of drug-likeness (QED) is 0.897. The topological polar surface area (TPSA) is 24.5 Å². The molecule has 0 aromatic heterocycles. The average Bonchev–Trinajstić information content (AvgIpc) is 2.94. The van der Waals surface area contributed by atoms with Crippen LogP contribution in [0.4, 0.5) is 0 Å². The summed E-state index contributed by atoms with van der Waals surface area (Å²) in [4.78, 5) is 2.69. The van der Waals surface area contributed by atoms with Gasteiger partial charge in [0.1, 0.15) is 5.75 Å². The normalized spacial score (nSPS) is 27.2. The second kappa shape index (κ2) is 5.93. The van der Waals surface area contributed by atoms with Crippen molar-refractivity contribution in [2.75, 3.05) is 26.7 Å². The molecule has 2 fully saturated rings. The number of nitrogens with zero attached hydrogens (tertiary/aromatic N) is 1. The van der Waals surface area contributed by atoms with Crippen LogP contribution < -0.4 is 10.1 Å². The van der Waals surface area contributed by atoms with E-state index in [1.807, 2.05) is 0 Å². The van der Waals surface area contributed by atoms with Crippen LogP contribution >= 0.6 is 0 Å². The molecule has 1 saturated carbocycles. The van der Waals surface area contributed by atoms with Crippen molar-refractivity contribution < 1.29 is 4.74 Å². The van der Waals surface area contributed by atoms with E-state index in [-0.39, 0.29) is 0 Å². The molecule has 0 amide bonds. The van der Waals surface area contributed by atoms with E-state index in [0.29, 0.717) is 0 Å². The van der Waals surface area contributed by atoms with Crippen molar-refractivity contribution in [1.29, 1.82) is 0 Å². The minimum atomic E-state index is 0.754. The van der Waals surface area contributed by atoms with Gasteiger partial charge in [-0.15, -0.1) is 0 Å². The second-order valence-electron chi connectivity index (χ2n) is 5.69. The van der Waals surface area contributed by atoms with E-state index >= 15 is 0 Å².